The summed E-state index contributed by atoms with van der Waals surface area (Å²) in [6.45, 7) is 33.5. The smallest absolute Gasteiger partial charge is 0.409 e. The Balaban J connectivity index is 3.05. The molecule has 2 aliphatic rings. The van der Waals surface area contributed by atoms with Crippen molar-refractivity contribution in [1.82, 2.24) is 65.4 Å². The Morgan fingerprint density at radius 2 is 0.958 bits per heavy atom. The second-order valence-corrected chi connectivity index (χ2v) is 28.7. The first-order valence-corrected chi connectivity index (χ1v) is 34.6. The third-order valence-electron chi connectivity index (χ3n) is 18.9. The van der Waals surface area contributed by atoms with Gasteiger partial charge in [0.15, 0.2) is 0 Å². The van der Waals surface area contributed by atoms with E-state index < -0.39 is 167 Å². The van der Waals surface area contributed by atoms with E-state index in [0.717, 1.165) is 21.2 Å². The van der Waals surface area contributed by atoms with Crippen LogP contribution < -0.4 is 21.3 Å². The quantitative estimate of drug-likeness (QED) is 0.131. The molecule has 0 aromatic carbocycles. The standard InChI is InChI=1S/C69H123N13O14/c1-26-29-30-44(14)57(83)56-61(87)72-49(27-2)64(90)74(19)48(18)63(89)79(24)55(45(15)38-96-69(95)82-33-31-81(28-3)32-34-82)60(86)73-53(42(10)11)67(93)75(20)50(35-39(4)5)59(85)70-46(16)58(84)71-47(17)62(88)76(21)51(36-40(6)7)65(91)77(22)52(37-41(8)9)66(92)78(23)54(43(12)13)68(94)80(56)25/h26,29,39-57,83H,27-28,30-38H2,1-25H3,(H,70,85)(H,71,84)(H,72,87)(H,73,86)/b29-26+/t44-,45-,46+,47-,48-,49+,50+,51+,52+,53+,54+,55+,56+,57-/m1/s1. The number of carbonyl (C=O) groups excluding carboxylic acids is 12. The van der Waals surface area contributed by atoms with E-state index in [-0.39, 0.29) is 56.5 Å². The summed E-state index contributed by atoms with van der Waals surface area (Å²) in [5, 5.41) is 23.2. The van der Waals surface area contributed by atoms with Crippen LogP contribution in [-0.2, 0) is 57.5 Å². The van der Waals surface area contributed by atoms with Crippen LogP contribution in [0.2, 0.25) is 0 Å². The average molecular weight is 1360 g/mol. The van der Waals surface area contributed by atoms with Crippen LogP contribution in [0.25, 0.3) is 0 Å². The van der Waals surface area contributed by atoms with E-state index in [1.54, 1.807) is 72.4 Å². The normalized spacial score (nSPS) is 27.4. The Hall–Kier alpha value is -6.90. The van der Waals surface area contributed by atoms with Gasteiger partial charge in [0.25, 0.3) is 0 Å². The van der Waals surface area contributed by atoms with E-state index in [1.165, 1.54) is 89.7 Å². The highest BCUT2D eigenvalue weighted by atomic mass is 16.6. The first kappa shape index (κ1) is 85.2. The summed E-state index contributed by atoms with van der Waals surface area (Å²) < 4.78 is 5.83. The highest BCUT2D eigenvalue weighted by molar-refractivity contribution is 6.00. The topological polar surface area (TPSA) is 312 Å². The summed E-state index contributed by atoms with van der Waals surface area (Å²) in [5.41, 5.74) is 0. The van der Waals surface area contributed by atoms with Crippen LogP contribution in [0.5, 0.6) is 0 Å². The van der Waals surface area contributed by atoms with E-state index >= 15 is 28.8 Å². The molecule has 27 nitrogen and oxygen atoms in total. The van der Waals surface area contributed by atoms with Crippen LogP contribution >= 0.6 is 0 Å². The molecule has 5 N–H and O–H groups in total. The predicted molar refractivity (Wildman–Crippen MR) is 368 cm³/mol. The Kier molecular flexibility index (Phi) is 34.5. The highest BCUT2D eigenvalue weighted by Crippen LogP contribution is 2.26. The van der Waals surface area contributed by atoms with Crippen molar-refractivity contribution in [3.8, 4) is 0 Å². The maximum atomic E-state index is 15.3. The maximum absolute atomic E-state index is 15.3. The molecule has 2 saturated heterocycles. The zero-order valence-corrected chi connectivity index (χ0v) is 62.7. The van der Waals surface area contributed by atoms with Gasteiger partial charge < -0.3 is 75.2 Å². The van der Waals surface area contributed by atoms with Gasteiger partial charge in [-0.25, -0.2) is 4.79 Å². The van der Waals surface area contributed by atoms with Crippen molar-refractivity contribution in [2.45, 2.75) is 229 Å². The molecule has 96 heavy (non-hydrogen) atoms. The summed E-state index contributed by atoms with van der Waals surface area (Å²) in [7, 11) is 9.75. The van der Waals surface area contributed by atoms with Gasteiger partial charge in [-0.3, -0.25) is 52.7 Å². The summed E-state index contributed by atoms with van der Waals surface area (Å²) in [6.07, 6.45) is 2.01. The lowest BCUT2D eigenvalue weighted by atomic mass is 9.91. The van der Waals surface area contributed by atoms with Crippen molar-refractivity contribution in [2.75, 3.05) is 88.7 Å². The van der Waals surface area contributed by atoms with Crippen molar-refractivity contribution in [2.24, 2.45) is 41.4 Å². The van der Waals surface area contributed by atoms with Gasteiger partial charge in [-0.2, -0.15) is 0 Å². The molecule has 2 aliphatic heterocycles. The number of nitrogens with one attached hydrogen (secondary N) is 4. The van der Waals surface area contributed by atoms with Gasteiger partial charge in [0.2, 0.25) is 65.0 Å². The summed E-state index contributed by atoms with van der Waals surface area (Å²) >= 11 is 0. The molecule has 0 bridgehead atoms. The Morgan fingerprint density at radius 3 is 1.44 bits per heavy atom. The highest BCUT2D eigenvalue weighted by Gasteiger charge is 2.47. The number of aliphatic hydroxyl groups is 1. The molecule has 0 saturated carbocycles. The molecule has 12 amide bonds. The fourth-order valence-electron chi connectivity index (χ4n) is 12.4. The minimum atomic E-state index is -1.66. The Labute approximate surface area is 573 Å². The number of amides is 12. The predicted octanol–water partition coefficient (Wildman–Crippen LogP) is 3.02. The molecule has 2 heterocycles. The second-order valence-electron chi connectivity index (χ2n) is 28.7. The van der Waals surface area contributed by atoms with Crippen molar-refractivity contribution in [1.29, 1.82) is 0 Å². The van der Waals surface area contributed by atoms with Gasteiger partial charge >= 0.3 is 6.09 Å². The number of allylic oxidation sites excluding steroid dienone is 2. The summed E-state index contributed by atoms with van der Waals surface area (Å²) in [5.74, 6) is -11.4. The van der Waals surface area contributed by atoms with E-state index in [2.05, 4.69) is 26.2 Å². The third-order valence-corrected chi connectivity index (χ3v) is 18.9. The Morgan fingerprint density at radius 1 is 0.500 bits per heavy atom. The SMILES string of the molecule is C/C=C/C[C@@H](C)[C@@H](O)[C@H]1C(=O)N[C@@H](CC)C(=O)N(C)[C@H](C)C(=O)N(C)[C@@H]([C@H](C)COC(=O)N2CCN(CC)CC2)C(=O)N[C@@H](C(C)C)C(=O)N(C)[C@@H](CC(C)C)C(=O)N[C@@H](C)C(=O)N[C@H](C)C(=O)N(C)[C@@H](CC(C)C)C(=O)N(C)[C@@H](CC(C)C)C(=O)N(C)[C@@H](C(C)C)C(=O)N1C. The van der Waals surface area contributed by atoms with Crippen LogP contribution in [0, 0.1) is 41.4 Å². The molecule has 0 aromatic heterocycles. The van der Waals surface area contributed by atoms with Gasteiger partial charge in [-0.05, 0) is 102 Å². The number of nitrogens with zero attached hydrogens (tertiary/aromatic N) is 9. The molecule has 0 radical (unpaired) electrons. The molecule has 0 spiro atoms. The zero-order valence-electron chi connectivity index (χ0n) is 62.7. The average Bonchev–Trinajstić information content (AvgIpc) is 0.815. The first-order valence-electron chi connectivity index (χ1n) is 34.6. The van der Waals surface area contributed by atoms with Crippen molar-refractivity contribution < 1.29 is 67.4 Å². The van der Waals surface area contributed by atoms with Gasteiger partial charge in [-0.15, -0.1) is 0 Å². The molecule has 0 aliphatic carbocycles. The van der Waals surface area contributed by atoms with Crippen molar-refractivity contribution >= 4 is 71.1 Å². The molecule has 14 atom stereocenters. The van der Waals surface area contributed by atoms with Crippen LogP contribution in [-0.4, -0.2) is 282 Å². The molecule has 2 rings (SSSR count). The summed E-state index contributed by atoms with van der Waals surface area (Å²) in [6, 6.07) is -14.5. The number of rotatable bonds is 17. The fourth-order valence-corrected chi connectivity index (χ4v) is 12.4. The van der Waals surface area contributed by atoms with Crippen LogP contribution in [0.15, 0.2) is 12.2 Å². The van der Waals surface area contributed by atoms with Gasteiger partial charge in [0, 0.05) is 81.4 Å². The first-order chi connectivity index (χ1) is 44.6. The number of carbonyl (C=O) groups is 12. The second kappa shape index (κ2) is 38.9. The lowest BCUT2D eigenvalue weighted by molar-refractivity contribution is -0.157. The van der Waals surface area contributed by atoms with E-state index in [9.17, 15) is 33.9 Å². The number of piperazine rings is 1. The molecule has 2 fully saturated rings. The number of aliphatic hydroxyl groups excluding tert-OH is 1. The number of hydrogen-bond acceptors (Lipinski definition) is 15. The maximum Gasteiger partial charge on any atom is 0.409 e. The van der Waals surface area contributed by atoms with Crippen molar-refractivity contribution in [3.63, 3.8) is 0 Å². The van der Waals surface area contributed by atoms with Gasteiger partial charge in [0.1, 0.15) is 66.5 Å². The van der Waals surface area contributed by atoms with E-state index in [1.807, 2.05) is 48.5 Å². The molecule has 0 aromatic rings. The van der Waals surface area contributed by atoms with E-state index in [4.69, 9.17) is 4.74 Å². The number of likely N-dealkylation sites (N-methyl/N-ethyl adjacent to an activating group) is 8. The van der Waals surface area contributed by atoms with E-state index in [0.29, 0.717) is 26.2 Å². The van der Waals surface area contributed by atoms with Crippen LogP contribution in [0.3, 0.4) is 0 Å². The zero-order chi connectivity index (χ0) is 73.8. The fraction of sp³-hybridized carbons (Fsp3) is 0.797. The molecule has 548 valence electrons. The molecular weight excluding hydrogens is 1230 g/mol. The number of hydrogen-bond donors (Lipinski definition) is 5. The largest absolute Gasteiger partial charge is 0.449 e. The Bertz CT molecular complexity index is 2680. The molecular formula is C69H123N13O14. The number of ether oxygens (including phenoxy) is 1. The van der Waals surface area contributed by atoms with Crippen LogP contribution in [0.1, 0.15) is 157 Å². The lowest BCUT2D eigenvalue weighted by Gasteiger charge is -2.41. The minimum Gasteiger partial charge on any atom is -0.449 e. The summed E-state index contributed by atoms with van der Waals surface area (Å²) in [4.78, 5) is 189. The third kappa shape index (κ3) is 22.9. The lowest BCUT2D eigenvalue weighted by Crippen LogP contribution is -2.64. The minimum absolute atomic E-state index is 0.0374. The van der Waals surface area contributed by atoms with Crippen molar-refractivity contribution in [3.05, 3.63) is 12.2 Å². The van der Waals surface area contributed by atoms with Gasteiger partial charge in [-0.1, -0.05) is 109 Å². The molecule has 0 unspecified atom stereocenters. The van der Waals surface area contributed by atoms with Crippen LogP contribution in [0.4, 0.5) is 4.79 Å². The monoisotopic (exact) mass is 1360 g/mol. The molecule has 27 heteroatoms. The van der Waals surface area contributed by atoms with Gasteiger partial charge in [0.05, 0.1) is 12.7 Å².